The number of alkyl carbamates (subject to hydrolysis) is 1. The minimum absolute atomic E-state index is 0.00685. The number of nitrogens with zero attached hydrogens (tertiary/aromatic N) is 2. The summed E-state index contributed by atoms with van der Waals surface area (Å²) in [5.41, 5.74) is 5.17. The molecule has 0 spiro atoms. The summed E-state index contributed by atoms with van der Waals surface area (Å²) in [6.07, 6.45) is -0.528. The van der Waals surface area contributed by atoms with E-state index in [0.717, 1.165) is 11.1 Å². The first-order chi connectivity index (χ1) is 16.9. The molecule has 0 saturated carbocycles. The zero-order chi connectivity index (χ0) is 24.9. The van der Waals surface area contributed by atoms with E-state index in [0.29, 0.717) is 17.2 Å². The van der Waals surface area contributed by atoms with Crippen molar-refractivity contribution in [1.82, 2.24) is 15.2 Å². The predicted octanol–water partition coefficient (Wildman–Crippen LogP) is 4.05. The second-order valence-electron chi connectivity index (χ2n) is 8.28. The number of aliphatic carboxylic acids is 1. The Kier molecular flexibility index (Phi) is 7.45. The molecule has 1 aliphatic carbocycles. The Morgan fingerprint density at radius 2 is 1.74 bits per heavy atom. The highest BCUT2D eigenvalue weighted by Gasteiger charge is 2.29. The van der Waals surface area contributed by atoms with Crippen molar-refractivity contribution in [2.24, 2.45) is 0 Å². The lowest BCUT2D eigenvalue weighted by Gasteiger charge is -2.24. The Bertz CT molecular complexity index is 1200. The topological polar surface area (TPSA) is 109 Å². The first kappa shape index (κ1) is 24.4. The molecule has 0 radical (unpaired) electrons. The number of amides is 2. The maximum absolute atomic E-state index is 12.5. The number of benzene rings is 2. The van der Waals surface area contributed by atoms with Crippen LogP contribution < -0.4 is 5.32 Å². The molecule has 8 nitrogen and oxygen atoms in total. The van der Waals surface area contributed by atoms with Crippen LogP contribution in [0.15, 0.2) is 53.9 Å². The Balaban J connectivity index is 1.30. The zero-order valence-corrected chi connectivity index (χ0v) is 20.4. The van der Waals surface area contributed by atoms with E-state index in [1.807, 2.05) is 24.3 Å². The van der Waals surface area contributed by atoms with Crippen LogP contribution in [0.5, 0.6) is 0 Å². The van der Waals surface area contributed by atoms with Crippen molar-refractivity contribution in [1.29, 1.82) is 0 Å². The van der Waals surface area contributed by atoms with Crippen molar-refractivity contribution in [3.05, 3.63) is 75.7 Å². The van der Waals surface area contributed by atoms with Gasteiger partial charge in [0.25, 0.3) is 0 Å². The summed E-state index contributed by atoms with van der Waals surface area (Å²) in [6.45, 7) is 3.92. The van der Waals surface area contributed by atoms with Gasteiger partial charge < -0.3 is 20.1 Å². The monoisotopic (exact) mass is 493 g/mol. The van der Waals surface area contributed by atoms with Crippen LogP contribution in [0.4, 0.5) is 4.79 Å². The molecule has 2 N–H and O–H groups in total. The molecule has 0 aliphatic heterocycles. The number of carbonyl (C=O) groups is 3. The molecule has 9 heteroatoms. The molecule has 0 fully saturated rings. The van der Waals surface area contributed by atoms with Crippen LogP contribution in [-0.2, 0) is 27.3 Å². The van der Waals surface area contributed by atoms with Gasteiger partial charge in [0.1, 0.15) is 17.7 Å². The van der Waals surface area contributed by atoms with Crippen molar-refractivity contribution in [2.75, 3.05) is 13.2 Å². The van der Waals surface area contributed by atoms with E-state index in [-0.39, 0.29) is 31.4 Å². The van der Waals surface area contributed by atoms with E-state index in [9.17, 15) is 19.5 Å². The molecule has 0 saturated heterocycles. The lowest BCUT2D eigenvalue weighted by atomic mass is 9.98. The van der Waals surface area contributed by atoms with Gasteiger partial charge in [-0.3, -0.25) is 4.79 Å². The molecule has 4 rings (SSSR count). The highest BCUT2D eigenvalue weighted by Crippen LogP contribution is 2.44. The number of carbonyl (C=O) groups excluding carboxylic acids is 2. The number of rotatable bonds is 9. The molecule has 35 heavy (non-hydrogen) atoms. The first-order valence-electron chi connectivity index (χ1n) is 11.4. The van der Waals surface area contributed by atoms with Gasteiger partial charge in [0.05, 0.1) is 18.7 Å². The fourth-order valence-corrected chi connectivity index (χ4v) is 5.10. The smallest absolute Gasteiger partial charge is 0.407 e. The number of thiazole rings is 1. The normalized spacial score (nSPS) is 13.0. The van der Waals surface area contributed by atoms with Gasteiger partial charge in [0.2, 0.25) is 5.91 Å². The maximum Gasteiger partial charge on any atom is 0.407 e. The van der Waals surface area contributed by atoms with E-state index in [1.165, 1.54) is 34.3 Å². The number of nitrogens with one attached hydrogen (secondary N) is 1. The Morgan fingerprint density at radius 1 is 1.11 bits per heavy atom. The van der Waals surface area contributed by atoms with Crippen molar-refractivity contribution >= 4 is 29.3 Å². The molecule has 1 heterocycles. The number of carboxylic acid groups (broad SMARTS) is 1. The Morgan fingerprint density at radius 3 is 2.34 bits per heavy atom. The zero-order valence-electron chi connectivity index (χ0n) is 19.6. The van der Waals surface area contributed by atoms with Crippen LogP contribution in [0.2, 0.25) is 0 Å². The Hall–Kier alpha value is -3.72. The van der Waals surface area contributed by atoms with Gasteiger partial charge in [0.15, 0.2) is 0 Å². The van der Waals surface area contributed by atoms with Crippen molar-refractivity contribution in [3.63, 3.8) is 0 Å². The largest absolute Gasteiger partial charge is 0.480 e. The van der Waals surface area contributed by atoms with Gasteiger partial charge in [0, 0.05) is 17.8 Å². The third-order valence-electron chi connectivity index (χ3n) is 6.15. The van der Waals surface area contributed by atoms with Crippen LogP contribution in [-0.4, -0.2) is 52.2 Å². The summed E-state index contributed by atoms with van der Waals surface area (Å²) in [4.78, 5) is 41.8. The molecule has 1 atom stereocenters. The molecule has 182 valence electrons. The third-order valence-corrected chi connectivity index (χ3v) is 7.04. The summed E-state index contributed by atoms with van der Waals surface area (Å²) < 4.78 is 5.54. The highest BCUT2D eigenvalue weighted by atomic mass is 32.1. The molecule has 2 aromatic carbocycles. The van der Waals surface area contributed by atoms with Crippen LogP contribution in [0.1, 0.15) is 41.6 Å². The number of likely N-dealkylation sites (N-methyl/N-ethyl adjacent to an activating group) is 1. The average Bonchev–Trinajstić information content (AvgIpc) is 3.43. The quantitative estimate of drug-likeness (QED) is 0.466. The maximum atomic E-state index is 12.5. The van der Waals surface area contributed by atoms with Crippen LogP contribution in [0.25, 0.3) is 11.1 Å². The van der Waals surface area contributed by atoms with E-state index < -0.39 is 18.1 Å². The average molecular weight is 494 g/mol. The number of hydrogen-bond donors (Lipinski definition) is 2. The van der Waals surface area contributed by atoms with Gasteiger partial charge in [-0.05, 0) is 36.1 Å². The molecule has 3 aromatic rings. The number of hydrogen-bond acceptors (Lipinski definition) is 6. The van der Waals surface area contributed by atoms with Gasteiger partial charge in [-0.25, -0.2) is 14.6 Å². The fourth-order valence-electron chi connectivity index (χ4n) is 4.36. The predicted molar refractivity (Wildman–Crippen MR) is 132 cm³/mol. The highest BCUT2D eigenvalue weighted by molar-refractivity contribution is 7.09. The number of ether oxygens (including phenoxy) is 1. The Labute approximate surface area is 207 Å². The number of fused-ring (bicyclic) bond motifs is 3. The molecule has 0 bridgehead atoms. The lowest BCUT2D eigenvalue weighted by Crippen LogP contribution is -2.43. The standard InChI is InChI=1S/C26H27N3O5S/c1-3-29(16(2)25(31)32)24(30)12-17-15-35-23(28-17)13-27-26(33)34-14-22-20-10-6-4-8-18(20)19-9-5-7-11-21(19)22/h4-11,15-16,22H,3,12-14H2,1-2H3,(H,27,33)(H,31,32). The molecule has 1 aromatic heterocycles. The van der Waals surface area contributed by atoms with Gasteiger partial charge in [-0.2, -0.15) is 0 Å². The summed E-state index contributed by atoms with van der Waals surface area (Å²) >= 11 is 1.32. The molecule has 1 unspecified atom stereocenters. The third kappa shape index (κ3) is 5.35. The van der Waals surface area contributed by atoms with Crippen molar-refractivity contribution < 1.29 is 24.2 Å². The number of aromatic nitrogens is 1. The summed E-state index contributed by atoms with van der Waals surface area (Å²) in [5, 5.41) is 14.3. The van der Waals surface area contributed by atoms with Crippen molar-refractivity contribution in [3.8, 4) is 11.1 Å². The minimum atomic E-state index is -1.05. The SMILES string of the molecule is CCN(C(=O)Cc1csc(CNC(=O)OCC2c3ccccc3-c3ccccc32)n1)C(C)C(=O)O. The van der Waals surface area contributed by atoms with E-state index in [1.54, 1.807) is 12.3 Å². The molecule has 1 aliphatic rings. The van der Waals surface area contributed by atoms with E-state index in [4.69, 9.17) is 4.74 Å². The van der Waals surface area contributed by atoms with Gasteiger partial charge in [-0.1, -0.05) is 48.5 Å². The molecular formula is C26H27N3O5S. The molecule has 2 amide bonds. The second kappa shape index (κ2) is 10.7. The van der Waals surface area contributed by atoms with Gasteiger partial charge in [-0.15, -0.1) is 11.3 Å². The first-order valence-corrected chi connectivity index (χ1v) is 12.3. The fraction of sp³-hybridized carbons (Fsp3) is 0.308. The second-order valence-corrected chi connectivity index (χ2v) is 9.23. The minimum Gasteiger partial charge on any atom is -0.480 e. The summed E-state index contributed by atoms with van der Waals surface area (Å²) in [7, 11) is 0. The van der Waals surface area contributed by atoms with Crippen molar-refractivity contribution in [2.45, 2.75) is 38.8 Å². The summed E-state index contributed by atoms with van der Waals surface area (Å²) in [6, 6.07) is 15.4. The molecular weight excluding hydrogens is 466 g/mol. The number of carboxylic acids is 1. The van der Waals surface area contributed by atoms with Crippen LogP contribution in [0, 0.1) is 0 Å². The van der Waals surface area contributed by atoms with Crippen LogP contribution in [0.3, 0.4) is 0 Å². The summed E-state index contributed by atoms with van der Waals surface area (Å²) in [5.74, 6) is -1.37. The van der Waals surface area contributed by atoms with E-state index >= 15 is 0 Å². The van der Waals surface area contributed by atoms with Gasteiger partial charge >= 0.3 is 12.1 Å². The van der Waals surface area contributed by atoms with Crippen LogP contribution >= 0.6 is 11.3 Å². The lowest BCUT2D eigenvalue weighted by molar-refractivity contribution is -0.149. The van der Waals surface area contributed by atoms with E-state index in [2.05, 4.69) is 34.6 Å².